The van der Waals surface area contributed by atoms with Crippen molar-refractivity contribution in [1.82, 2.24) is 10.2 Å². The first-order valence-corrected chi connectivity index (χ1v) is 7.99. The van der Waals surface area contributed by atoms with Gasteiger partial charge in [-0.25, -0.2) is 0 Å². The van der Waals surface area contributed by atoms with Crippen LogP contribution in [-0.2, 0) is 9.59 Å². The zero-order valence-electron chi connectivity index (χ0n) is 13.7. The third-order valence-corrected chi connectivity index (χ3v) is 4.65. The van der Waals surface area contributed by atoms with Crippen LogP contribution in [0.15, 0.2) is 12.2 Å². The number of imide groups is 1. The number of carbonyl (C=O) groups excluding carboxylic acids is 2. The van der Waals surface area contributed by atoms with Gasteiger partial charge in [0.15, 0.2) is 0 Å². The fraction of sp³-hybridized carbons (Fsp3) is 0.765. The van der Waals surface area contributed by atoms with Gasteiger partial charge in [0.25, 0.3) is 0 Å². The molecule has 2 atom stereocenters. The molecule has 2 rings (SSSR count). The Kier molecular flexibility index (Phi) is 4.57. The van der Waals surface area contributed by atoms with E-state index in [0.717, 1.165) is 24.8 Å². The molecule has 1 heterocycles. The van der Waals surface area contributed by atoms with E-state index in [1.807, 2.05) is 0 Å². The Morgan fingerprint density at radius 3 is 2.19 bits per heavy atom. The highest BCUT2D eigenvalue weighted by molar-refractivity contribution is 6.05. The van der Waals surface area contributed by atoms with Gasteiger partial charge >= 0.3 is 0 Å². The summed E-state index contributed by atoms with van der Waals surface area (Å²) in [5.41, 5.74) is 0.894. The lowest BCUT2D eigenvalue weighted by Gasteiger charge is -2.23. The van der Waals surface area contributed by atoms with E-state index < -0.39 is 0 Å². The summed E-state index contributed by atoms with van der Waals surface area (Å²) in [6.45, 7) is 13.4. The van der Waals surface area contributed by atoms with Gasteiger partial charge in [-0.2, -0.15) is 0 Å². The molecule has 0 radical (unpaired) electrons. The number of likely N-dealkylation sites (tertiary alicyclic amines) is 1. The summed E-state index contributed by atoms with van der Waals surface area (Å²) in [4.78, 5) is 26.3. The summed E-state index contributed by atoms with van der Waals surface area (Å²) in [6, 6.07) is 0. The van der Waals surface area contributed by atoms with Crippen LogP contribution in [0.2, 0.25) is 0 Å². The molecule has 1 aliphatic carbocycles. The summed E-state index contributed by atoms with van der Waals surface area (Å²) < 4.78 is 0. The molecule has 2 fully saturated rings. The minimum absolute atomic E-state index is 0.00677. The quantitative estimate of drug-likeness (QED) is 0.625. The predicted octanol–water partition coefficient (Wildman–Crippen LogP) is 2.35. The summed E-state index contributed by atoms with van der Waals surface area (Å²) in [5.74, 6) is 0.466. The van der Waals surface area contributed by atoms with Gasteiger partial charge in [-0.15, -0.1) is 0 Å². The Balaban J connectivity index is 1.93. The molecule has 0 spiro atoms. The smallest absolute Gasteiger partial charge is 0.233 e. The van der Waals surface area contributed by atoms with Crippen molar-refractivity contribution >= 4 is 11.8 Å². The molecule has 0 aromatic rings. The molecule has 1 N–H and O–H groups in total. The van der Waals surface area contributed by atoms with E-state index >= 15 is 0 Å². The molecule has 2 unspecified atom stereocenters. The van der Waals surface area contributed by atoms with Crippen molar-refractivity contribution in [3.05, 3.63) is 12.2 Å². The Labute approximate surface area is 128 Å². The highest BCUT2D eigenvalue weighted by atomic mass is 16.2. The SMILES string of the molecule is C=C(CNC(C)(C)C)CN1C(=O)C2CC(CC)CC2C1=O. The monoisotopic (exact) mass is 292 g/mol. The van der Waals surface area contributed by atoms with Crippen molar-refractivity contribution in [2.24, 2.45) is 17.8 Å². The summed E-state index contributed by atoms with van der Waals surface area (Å²) in [7, 11) is 0. The molecular weight excluding hydrogens is 264 g/mol. The first kappa shape index (κ1) is 16.2. The molecular formula is C17H28N2O2. The number of hydrogen-bond acceptors (Lipinski definition) is 3. The van der Waals surface area contributed by atoms with E-state index in [1.165, 1.54) is 4.90 Å². The van der Waals surface area contributed by atoms with Gasteiger partial charge in [0.05, 0.1) is 18.4 Å². The van der Waals surface area contributed by atoms with Gasteiger partial charge in [-0.3, -0.25) is 14.5 Å². The Bertz CT molecular complexity index is 426. The van der Waals surface area contributed by atoms with Crippen LogP contribution >= 0.6 is 0 Å². The second-order valence-electron chi connectivity index (χ2n) is 7.57. The summed E-state index contributed by atoms with van der Waals surface area (Å²) in [5, 5.41) is 3.34. The first-order valence-electron chi connectivity index (χ1n) is 7.99. The van der Waals surface area contributed by atoms with Crippen LogP contribution in [0.1, 0.15) is 47.0 Å². The topological polar surface area (TPSA) is 49.4 Å². The Hall–Kier alpha value is -1.16. The number of carbonyl (C=O) groups is 2. The molecule has 1 aliphatic heterocycles. The van der Waals surface area contributed by atoms with Crippen LogP contribution < -0.4 is 5.32 Å². The molecule has 118 valence electrons. The van der Waals surface area contributed by atoms with Crippen molar-refractivity contribution in [2.75, 3.05) is 13.1 Å². The molecule has 1 saturated heterocycles. The van der Waals surface area contributed by atoms with Crippen molar-refractivity contribution in [3.8, 4) is 0 Å². The number of nitrogens with one attached hydrogen (secondary N) is 1. The van der Waals surface area contributed by atoms with E-state index in [9.17, 15) is 9.59 Å². The second kappa shape index (κ2) is 5.91. The fourth-order valence-electron chi connectivity index (χ4n) is 3.36. The largest absolute Gasteiger partial charge is 0.308 e. The minimum Gasteiger partial charge on any atom is -0.308 e. The van der Waals surface area contributed by atoms with E-state index in [-0.39, 0.29) is 29.2 Å². The van der Waals surface area contributed by atoms with Crippen LogP contribution in [0.3, 0.4) is 0 Å². The van der Waals surface area contributed by atoms with Crippen molar-refractivity contribution in [1.29, 1.82) is 0 Å². The van der Waals surface area contributed by atoms with Gasteiger partial charge in [-0.05, 0) is 45.1 Å². The maximum absolute atomic E-state index is 12.4. The fourth-order valence-corrected chi connectivity index (χ4v) is 3.36. The highest BCUT2D eigenvalue weighted by Gasteiger charge is 2.52. The number of nitrogens with zero attached hydrogens (tertiary/aromatic N) is 1. The van der Waals surface area contributed by atoms with E-state index in [4.69, 9.17) is 0 Å². The lowest BCUT2D eigenvalue weighted by molar-refractivity contribution is -0.140. The molecule has 0 aromatic heterocycles. The number of rotatable bonds is 5. The van der Waals surface area contributed by atoms with Crippen LogP contribution in [0.25, 0.3) is 0 Å². The molecule has 0 bridgehead atoms. The highest BCUT2D eigenvalue weighted by Crippen LogP contribution is 2.44. The van der Waals surface area contributed by atoms with Crippen LogP contribution in [-0.4, -0.2) is 35.3 Å². The third kappa shape index (κ3) is 3.54. The molecule has 1 saturated carbocycles. The molecule has 2 amide bonds. The summed E-state index contributed by atoms with van der Waals surface area (Å²) >= 11 is 0. The van der Waals surface area contributed by atoms with Gasteiger partial charge in [0.1, 0.15) is 0 Å². The lowest BCUT2D eigenvalue weighted by Crippen LogP contribution is -2.40. The zero-order valence-corrected chi connectivity index (χ0v) is 13.7. The van der Waals surface area contributed by atoms with Crippen molar-refractivity contribution in [2.45, 2.75) is 52.5 Å². The molecule has 0 aromatic carbocycles. The number of amides is 2. The number of hydrogen-bond donors (Lipinski definition) is 1. The maximum Gasteiger partial charge on any atom is 0.233 e. The van der Waals surface area contributed by atoms with Crippen molar-refractivity contribution < 1.29 is 9.59 Å². The third-order valence-electron chi connectivity index (χ3n) is 4.65. The van der Waals surface area contributed by atoms with Gasteiger partial charge in [0.2, 0.25) is 11.8 Å². The second-order valence-corrected chi connectivity index (χ2v) is 7.57. The minimum atomic E-state index is -0.0641. The van der Waals surface area contributed by atoms with Crippen LogP contribution in [0.5, 0.6) is 0 Å². The van der Waals surface area contributed by atoms with Crippen LogP contribution in [0, 0.1) is 17.8 Å². The standard InChI is InChI=1S/C17H28N2O2/c1-6-12-7-13-14(8-12)16(21)19(15(13)20)10-11(2)9-18-17(3,4)5/h12-14,18H,2,6-10H2,1,3-5H3. The normalized spacial score (nSPS) is 29.1. The molecule has 4 heteroatoms. The van der Waals surface area contributed by atoms with Gasteiger partial charge in [0, 0.05) is 12.1 Å². The predicted molar refractivity (Wildman–Crippen MR) is 83.6 cm³/mol. The summed E-state index contributed by atoms with van der Waals surface area (Å²) in [6.07, 6.45) is 2.83. The average Bonchev–Trinajstić information content (AvgIpc) is 2.91. The zero-order chi connectivity index (χ0) is 15.8. The molecule has 4 nitrogen and oxygen atoms in total. The van der Waals surface area contributed by atoms with Gasteiger partial charge in [-0.1, -0.05) is 19.9 Å². The molecule has 2 aliphatic rings. The number of fused-ring (bicyclic) bond motifs is 1. The van der Waals surface area contributed by atoms with E-state index in [2.05, 4.69) is 39.6 Å². The van der Waals surface area contributed by atoms with Gasteiger partial charge < -0.3 is 5.32 Å². The van der Waals surface area contributed by atoms with Crippen molar-refractivity contribution in [3.63, 3.8) is 0 Å². The Morgan fingerprint density at radius 2 is 1.76 bits per heavy atom. The first-order chi connectivity index (χ1) is 9.73. The van der Waals surface area contributed by atoms with Crippen LogP contribution in [0.4, 0.5) is 0 Å². The lowest BCUT2D eigenvalue weighted by atomic mass is 10.00. The van der Waals surface area contributed by atoms with E-state index in [0.29, 0.717) is 19.0 Å². The molecule has 21 heavy (non-hydrogen) atoms. The van der Waals surface area contributed by atoms with E-state index in [1.54, 1.807) is 0 Å². The maximum atomic E-state index is 12.4. The Morgan fingerprint density at radius 1 is 1.24 bits per heavy atom. The average molecular weight is 292 g/mol.